The van der Waals surface area contributed by atoms with E-state index in [0.29, 0.717) is 32.5 Å². The van der Waals surface area contributed by atoms with E-state index >= 15 is 0 Å². The number of nitrogens with zero attached hydrogens (tertiary/aromatic N) is 1. The molecule has 110 valence electrons. The van der Waals surface area contributed by atoms with E-state index in [9.17, 15) is 9.90 Å². The Bertz CT molecular complexity index is 461. The number of carbonyl (C=O) groups is 1. The highest BCUT2D eigenvalue weighted by atomic mass is 16.5. The summed E-state index contributed by atoms with van der Waals surface area (Å²) >= 11 is 0. The van der Waals surface area contributed by atoms with Crippen molar-refractivity contribution in [1.82, 2.24) is 4.90 Å². The number of piperidine rings is 1. The van der Waals surface area contributed by atoms with E-state index in [1.807, 2.05) is 43.0 Å². The fourth-order valence-corrected chi connectivity index (χ4v) is 2.48. The van der Waals surface area contributed by atoms with Crippen LogP contribution < -0.4 is 4.74 Å². The largest absolute Gasteiger partial charge is 0.493 e. The third kappa shape index (κ3) is 3.97. The Balaban J connectivity index is 1.75. The van der Waals surface area contributed by atoms with Crippen LogP contribution >= 0.6 is 0 Å². The first-order chi connectivity index (χ1) is 9.56. The van der Waals surface area contributed by atoms with Crippen LogP contribution in [0.1, 0.15) is 25.3 Å². The molecule has 20 heavy (non-hydrogen) atoms. The van der Waals surface area contributed by atoms with Crippen molar-refractivity contribution in [3.8, 4) is 5.75 Å². The molecule has 0 spiro atoms. The number of hydrogen-bond acceptors (Lipinski definition) is 3. The predicted octanol–water partition coefficient (Wildman–Crippen LogP) is 1.99. The summed E-state index contributed by atoms with van der Waals surface area (Å²) in [4.78, 5) is 13.9. The van der Waals surface area contributed by atoms with Crippen molar-refractivity contribution in [2.45, 2.75) is 32.8 Å². The minimum Gasteiger partial charge on any atom is -0.493 e. The first kappa shape index (κ1) is 14.9. The standard InChI is InChI=1S/C16H23NO3/c1-12-4-3-5-14(10-12)20-9-7-16(19)17-8-6-15(18)13(2)11-17/h3-5,10,13,15,18H,6-9,11H2,1-2H3. The average molecular weight is 277 g/mol. The number of hydrogen-bond donors (Lipinski definition) is 1. The number of ether oxygens (including phenoxy) is 1. The van der Waals surface area contributed by atoms with Gasteiger partial charge in [0.15, 0.2) is 0 Å². The highest BCUT2D eigenvalue weighted by Crippen LogP contribution is 2.17. The summed E-state index contributed by atoms with van der Waals surface area (Å²) in [7, 11) is 0. The molecule has 1 aliphatic heterocycles. The molecular weight excluding hydrogens is 254 g/mol. The monoisotopic (exact) mass is 277 g/mol. The van der Waals surface area contributed by atoms with Gasteiger partial charge in [0.25, 0.3) is 0 Å². The zero-order valence-corrected chi connectivity index (χ0v) is 12.2. The van der Waals surface area contributed by atoms with Gasteiger partial charge in [-0.3, -0.25) is 4.79 Å². The van der Waals surface area contributed by atoms with E-state index < -0.39 is 0 Å². The quantitative estimate of drug-likeness (QED) is 0.915. The van der Waals surface area contributed by atoms with Crippen LogP contribution in [0, 0.1) is 12.8 Å². The SMILES string of the molecule is Cc1cccc(OCCC(=O)N2CCC(O)C(C)C2)c1. The Morgan fingerprint density at radius 3 is 3.00 bits per heavy atom. The second-order valence-electron chi connectivity index (χ2n) is 5.59. The molecule has 1 amide bonds. The second kappa shape index (κ2) is 6.75. The van der Waals surface area contributed by atoms with Gasteiger partial charge in [-0.2, -0.15) is 0 Å². The molecular formula is C16H23NO3. The van der Waals surface area contributed by atoms with Crippen LogP contribution in [0.15, 0.2) is 24.3 Å². The van der Waals surface area contributed by atoms with Crippen LogP contribution in [0.2, 0.25) is 0 Å². The van der Waals surface area contributed by atoms with Gasteiger partial charge in [0.1, 0.15) is 5.75 Å². The lowest BCUT2D eigenvalue weighted by molar-refractivity contribution is -0.135. The summed E-state index contributed by atoms with van der Waals surface area (Å²) < 4.78 is 5.60. The molecule has 0 saturated carbocycles. The maximum absolute atomic E-state index is 12.1. The minimum atomic E-state index is -0.275. The Hall–Kier alpha value is -1.55. The third-order valence-electron chi connectivity index (χ3n) is 3.79. The number of amides is 1. The Morgan fingerprint density at radius 1 is 1.50 bits per heavy atom. The van der Waals surface area contributed by atoms with Gasteiger partial charge in [-0.25, -0.2) is 0 Å². The number of likely N-dealkylation sites (tertiary alicyclic amines) is 1. The Labute approximate surface area is 120 Å². The highest BCUT2D eigenvalue weighted by Gasteiger charge is 2.26. The Kier molecular flexibility index (Phi) is 5.01. The van der Waals surface area contributed by atoms with Gasteiger partial charge in [0.2, 0.25) is 5.91 Å². The number of benzene rings is 1. The molecule has 1 aromatic carbocycles. The molecule has 1 saturated heterocycles. The van der Waals surface area contributed by atoms with Gasteiger partial charge in [-0.1, -0.05) is 19.1 Å². The van der Waals surface area contributed by atoms with Crippen molar-refractivity contribution in [1.29, 1.82) is 0 Å². The lowest BCUT2D eigenvalue weighted by atomic mass is 9.96. The maximum atomic E-state index is 12.1. The topological polar surface area (TPSA) is 49.8 Å². The molecule has 1 N–H and O–H groups in total. The summed E-state index contributed by atoms with van der Waals surface area (Å²) in [5, 5.41) is 9.67. The first-order valence-electron chi connectivity index (χ1n) is 7.21. The third-order valence-corrected chi connectivity index (χ3v) is 3.79. The van der Waals surface area contributed by atoms with Crippen molar-refractivity contribution in [3.63, 3.8) is 0 Å². The zero-order valence-electron chi connectivity index (χ0n) is 12.2. The molecule has 1 aliphatic rings. The van der Waals surface area contributed by atoms with Gasteiger partial charge in [-0.05, 0) is 37.0 Å². The molecule has 0 aliphatic carbocycles. The molecule has 0 bridgehead atoms. The fourth-order valence-electron chi connectivity index (χ4n) is 2.48. The second-order valence-corrected chi connectivity index (χ2v) is 5.59. The number of aryl methyl sites for hydroxylation is 1. The summed E-state index contributed by atoms with van der Waals surface area (Å²) in [5.74, 6) is 1.07. The van der Waals surface area contributed by atoms with Crippen molar-refractivity contribution in [3.05, 3.63) is 29.8 Å². The molecule has 2 rings (SSSR count). The summed E-state index contributed by atoms with van der Waals surface area (Å²) in [6, 6.07) is 7.82. The van der Waals surface area contributed by atoms with Crippen molar-refractivity contribution >= 4 is 5.91 Å². The van der Waals surface area contributed by atoms with E-state index in [0.717, 1.165) is 11.3 Å². The van der Waals surface area contributed by atoms with E-state index in [4.69, 9.17) is 4.74 Å². The fraction of sp³-hybridized carbons (Fsp3) is 0.562. The summed E-state index contributed by atoms with van der Waals surface area (Å²) in [6.07, 6.45) is 0.783. The number of carbonyl (C=O) groups excluding carboxylic acids is 1. The lowest BCUT2D eigenvalue weighted by Crippen LogP contribution is -2.45. The first-order valence-corrected chi connectivity index (χ1v) is 7.21. The van der Waals surface area contributed by atoms with Crippen molar-refractivity contribution in [2.75, 3.05) is 19.7 Å². The highest BCUT2D eigenvalue weighted by molar-refractivity contribution is 5.76. The van der Waals surface area contributed by atoms with Gasteiger partial charge < -0.3 is 14.7 Å². The van der Waals surface area contributed by atoms with Crippen LogP contribution in [-0.4, -0.2) is 41.7 Å². The van der Waals surface area contributed by atoms with Gasteiger partial charge in [0.05, 0.1) is 19.1 Å². The molecule has 2 atom stereocenters. The van der Waals surface area contributed by atoms with E-state index in [1.165, 1.54) is 0 Å². The van der Waals surface area contributed by atoms with Crippen molar-refractivity contribution in [2.24, 2.45) is 5.92 Å². The number of rotatable bonds is 4. The van der Waals surface area contributed by atoms with Gasteiger partial charge in [-0.15, -0.1) is 0 Å². The van der Waals surface area contributed by atoms with Crippen LogP contribution in [0.5, 0.6) is 5.75 Å². The van der Waals surface area contributed by atoms with Gasteiger partial charge in [0, 0.05) is 13.1 Å². The zero-order chi connectivity index (χ0) is 14.5. The summed E-state index contributed by atoms with van der Waals surface area (Å²) in [5.41, 5.74) is 1.15. The maximum Gasteiger partial charge on any atom is 0.226 e. The molecule has 1 aromatic rings. The van der Waals surface area contributed by atoms with Crippen LogP contribution in [0.3, 0.4) is 0 Å². The number of aliphatic hydroxyl groups excluding tert-OH is 1. The normalized spacial score (nSPS) is 22.6. The van der Waals surface area contributed by atoms with Crippen LogP contribution in [0.4, 0.5) is 0 Å². The predicted molar refractivity (Wildman–Crippen MR) is 77.7 cm³/mol. The molecule has 0 aromatic heterocycles. The molecule has 4 heteroatoms. The van der Waals surface area contributed by atoms with Crippen LogP contribution in [-0.2, 0) is 4.79 Å². The summed E-state index contributed by atoms with van der Waals surface area (Å²) in [6.45, 7) is 5.68. The van der Waals surface area contributed by atoms with Crippen LogP contribution in [0.25, 0.3) is 0 Å². The van der Waals surface area contributed by atoms with E-state index in [-0.39, 0.29) is 17.9 Å². The van der Waals surface area contributed by atoms with Crippen molar-refractivity contribution < 1.29 is 14.6 Å². The number of aliphatic hydroxyl groups is 1. The Morgan fingerprint density at radius 2 is 2.30 bits per heavy atom. The van der Waals surface area contributed by atoms with E-state index in [1.54, 1.807) is 0 Å². The smallest absolute Gasteiger partial charge is 0.226 e. The molecule has 1 heterocycles. The van der Waals surface area contributed by atoms with Gasteiger partial charge >= 0.3 is 0 Å². The molecule has 1 fully saturated rings. The lowest BCUT2D eigenvalue weighted by Gasteiger charge is -2.34. The van der Waals surface area contributed by atoms with E-state index in [2.05, 4.69) is 0 Å². The minimum absolute atomic E-state index is 0.108. The molecule has 4 nitrogen and oxygen atoms in total. The average Bonchev–Trinajstić information content (AvgIpc) is 2.42. The molecule has 0 radical (unpaired) electrons. The molecule has 2 unspecified atom stereocenters.